The van der Waals surface area contributed by atoms with Crippen LogP contribution < -0.4 is 31.0 Å². The van der Waals surface area contributed by atoms with E-state index in [9.17, 15) is 0 Å². The lowest BCUT2D eigenvalue weighted by Gasteiger charge is -2.34. The van der Waals surface area contributed by atoms with Gasteiger partial charge in [-0.3, -0.25) is 0 Å². The molecule has 10 aromatic rings. The highest BCUT2D eigenvalue weighted by atomic mass is 28.3. The SMILES string of the molecule is CCC1Nc2cc(-c3ccccc3)ccc2N1c1cccc(-c2c3ccccc3c(-c3ccc([Si](c4ccccc4)(c4ccccc4)c4ccccc4)cc3)c3ccccc23)c1. The molecule has 1 unspecified atom stereocenters. The Kier molecular flexibility index (Phi) is 9.60. The van der Waals surface area contributed by atoms with Crippen molar-refractivity contribution in [1.29, 1.82) is 0 Å². The van der Waals surface area contributed by atoms with Crippen molar-refractivity contribution in [2.24, 2.45) is 0 Å². The van der Waals surface area contributed by atoms with Crippen LogP contribution in [0.5, 0.6) is 0 Å². The maximum Gasteiger partial charge on any atom is 0.179 e. The number of fused-ring (bicyclic) bond motifs is 3. The molecule has 0 aromatic heterocycles. The Balaban J connectivity index is 1.05. The highest BCUT2D eigenvalue weighted by Crippen LogP contribution is 2.47. The summed E-state index contributed by atoms with van der Waals surface area (Å²) < 4.78 is 0. The predicted octanol–water partition coefficient (Wildman–Crippen LogP) is 12.7. The molecule has 0 amide bonds. The molecule has 0 saturated heterocycles. The summed E-state index contributed by atoms with van der Waals surface area (Å²) in [5.74, 6) is 0. The van der Waals surface area contributed by atoms with E-state index >= 15 is 0 Å². The van der Waals surface area contributed by atoms with Crippen LogP contribution in [0.4, 0.5) is 17.1 Å². The van der Waals surface area contributed by atoms with Gasteiger partial charge >= 0.3 is 0 Å². The molecule has 1 aliphatic rings. The lowest BCUT2D eigenvalue weighted by molar-refractivity contribution is 0.728. The summed E-state index contributed by atoms with van der Waals surface area (Å²) in [6.07, 6.45) is 1.11. The number of anilines is 3. The summed E-state index contributed by atoms with van der Waals surface area (Å²) >= 11 is 0. The monoisotopic (exact) mass is 810 g/mol. The van der Waals surface area contributed by atoms with Gasteiger partial charge in [-0.1, -0.05) is 219 Å². The molecule has 11 rings (SSSR count). The Labute approximate surface area is 365 Å². The minimum Gasteiger partial charge on any atom is -0.363 e. The van der Waals surface area contributed by atoms with Crippen molar-refractivity contribution in [2.45, 2.75) is 19.5 Å². The molecular formula is C59H46N2Si. The van der Waals surface area contributed by atoms with E-state index in [0.29, 0.717) is 0 Å². The van der Waals surface area contributed by atoms with Gasteiger partial charge in [0.05, 0.1) is 11.4 Å². The lowest BCUT2D eigenvalue weighted by atomic mass is 9.86. The zero-order valence-corrected chi connectivity index (χ0v) is 35.7. The molecule has 2 nitrogen and oxygen atoms in total. The Morgan fingerprint density at radius 1 is 0.387 bits per heavy atom. The highest BCUT2D eigenvalue weighted by Gasteiger charge is 2.41. The van der Waals surface area contributed by atoms with E-state index < -0.39 is 8.07 Å². The minimum absolute atomic E-state index is 0.151. The molecule has 1 aliphatic heterocycles. The van der Waals surface area contributed by atoms with E-state index in [2.05, 4.69) is 254 Å². The third-order valence-electron chi connectivity index (χ3n) is 13.0. The molecule has 0 bridgehead atoms. The van der Waals surface area contributed by atoms with Crippen LogP contribution in [-0.4, -0.2) is 14.2 Å². The van der Waals surface area contributed by atoms with Crippen LogP contribution in [0.1, 0.15) is 13.3 Å². The van der Waals surface area contributed by atoms with Crippen molar-refractivity contribution in [3.8, 4) is 33.4 Å². The van der Waals surface area contributed by atoms with Crippen molar-refractivity contribution in [3.63, 3.8) is 0 Å². The van der Waals surface area contributed by atoms with Crippen LogP contribution in [-0.2, 0) is 0 Å². The van der Waals surface area contributed by atoms with Gasteiger partial charge in [-0.2, -0.15) is 0 Å². The fourth-order valence-corrected chi connectivity index (χ4v) is 14.9. The highest BCUT2D eigenvalue weighted by molar-refractivity contribution is 7.19. The molecule has 62 heavy (non-hydrogen) atoms. The summed E-state index contributed by atoms with van der Waals surface area (Å²) in [6.45, 7) is 2.26. The molecule has 0 radical (unpaired) electrons. The zero-order valence-electron chi connectivity index (χ0n) is 34.7. The normalized spacial score (nSPS) is 13.6. The van der Waals surface area contributed by atoms with Gasteiger partial charge in [0.25, 0.3) is 0 Å². The summed E-state index contributed by atoms with van der Waals surface area (Å²) in [5.41, 5.74) is 11.0. The molecule has 1 heterocycles. The van der Waals surface area contributed by atoms with Crippen molar-refractivity contribution >= 4 is 67.4 Å². The second-order valence-corrected chi connectivity index (χ2v) is 20.2. The number of nitrogens with zero attached hydrogens (tertiary/aromatic N) is 1. The van der Waals surface area contributed by atoms with Gasteiger partial charge in [0.2, 0.25) is 0 Å². The third-order valence-corrected chi connectivity index (χ3v) is 17.8. The van der Waals surface area contributed by atoms with E-state index in [1.807, 2.05) is 0 Å². The number of benzene rings is 10. The van der Waals surface area contributed by atoms with E-state index in [1.165, 1.54) is 92.7 Å². The van der Waals surface area contributed by atoms with Crippen LogP contribution in [0.15, 0.2) is 237 Å². The number of hydrogen-bond donors (Lipinski definition) is 1. The molecule has 1 N–H and O–H groups in total. The molecule has 0 fully saturated rings. The standard InChI is InChI=1S/C59H46N2Si/c1-2-57-60-55-41-44(42-20-7-3-8-21-42)36-39-56(55)61(57)46-23-19-22-45(40-46)59-53-32-17-15-30-51(53)58(52-31-16-18-33-54(52)59)43-34-37-50(38-35-43)62(47-24-9-4-10-25-47,48-26-11-5-12-27-48)49-28-13-6-14-29-49/h3-41,57,60H,2H2,1H3. The zero-order chi connectivity index (χ0) is 41.5. The molecule has 1 atom stereocenters. The summed E-state index contributed by atoms with van der Waals surface area (Å²) in [7, 11) is -2.66. The maximum absolute atomic E-state index is 3.86. The van der Waals surface area contributed by atoms with Crippen molar-refractivity contribution in [1.82, 2.24) is 0 Å². The fraction of sp³-hybridized carbons (Fsp3) is 0.0508. The van der Waals surface area contributed by atoms with E-state index in [1.54, 1.807) is 0 Å². The van der Waals surface area contributed by atoms with Gasteiger partial charge in [-0.05, 0) is 106 Å². The van der Waals surface area contributed by atoms with Crippen LogP contribution in [0.3, 0.4) is 0 Å². The molecule has 10 aromatic carbocycles. The molecule has 3 heteroatoms. The quantitative estimate of drug-likeness (QED) is 0.0887. The van der Waals surface area contributed by atoms with E-state index in [0.717, 1.165) is 6.42 Å². The first-order valence-electron chi connectivity index (χ1n) is 21.8. The average molecular weight is 811 g/mol. The Morgan fingerprint density at radius 2 is 0.823 bits per heavy atom. The van der Waals surface area contributed by atoms with Gasteiger partial charge in [0, 0.05) is 5.69 Å². The van der Waals surface area contributed by atoms with Crippen LogP contribution in [0.2, 0.25) is 0 Å². The molecular weight excluding hydrogens is 765 g/mol. The van der Waals surface area contributed by atoms with Gasteiger partial charge in [-0.15, -0.1) is 0 Å². The van der Waals surface area contributed by atoms with Crippen molar-refractivity contribution < 1.29 is 0 Å². The fourth-order valence-electron chi connectivity index (χ4n) is 10.2. The van der Waals surface area contributed by atoms with Gasteiger partial charge < -0.3 is 10.2 Å². The molecule has 296 valence electrons. The van der Waals surface area contributed by atoms with Crippen LogP contribution in [0.25, 0.3) is 54.9 Å². The summed E-state index contributed by atoms with van der Waals surface area (Å²) in [6, 6.07) is 87.8. The van der Waals surface area contributed by atoms with E-state index in [4.69, 9.17) is 0 Å². The Morgan fingerprint density at radius 3 is 1.34 bits per heavy atom. The number of hydrogen-bond acceptors (Lipinski definition) is 2. The van der Waals surface area contributed by atoms with Crippen molar-refractivity contribution in [3.05, 3.63) is 237 Å². The number of nitrogens with one attached hydrogen (secondary N) is 1. The minimum atomic E-state index is -2.66. The van der Waals surface area contributed by atoms with Crippen LogP contribution in [0, 0.1) is 0 Å². The Hall–Kier alpha value is -7.46. The second-order valence-electron chi connectivity index (χ2n) is 16.4. The maximum atomic E-state index is 3.86. The first-order chi connectivity index (χ1) is 30.7. The first kappa shape index (κ1) is 37.5. The summed E-state index contributed by atoms with van der Waals surface area (Å²) in [5, 5.41) is 14.4. The predicted molar refractivity (Wildman–Crippen MR) is 268 cm³/mol. The third kappa shape index (κ3) is 6.24. The van der Waals surface area contributed by atoms with Crippen LogP contribution >= 0.6 is 0 Å². The van der Waals surface area contributed by atoms with Crippen molar-refractivity contribution in [2.75, 3.05) is 10.2 Å². The molecule has 0 spiro atoms. The van der Waals surface area contributed by atoms with Gasteiger partial charge in [0.1, 0.15) is 6.17 Å². The Bertz CT molecular complexity index is 3030. The average Bonchev–Trinajstić information content (AvgIpc) is 3.73. The molecule has 0 saturated carbocycles. The van der Waals surface area contributed by atoms with Gasteiger partial charge in [0.15, 0.2) is 8.07 Å². The van der Waals surface area contributed by atoms with E-state index in [-0.39, 0.29) is 6.17 Å². The topological polar surface area (TPSA) is 15.3 Å². The number of rotatable bonds is 9. The smallest absolute Gasteiger partial charge is 0.179 e. The molecule has 0 aliphatic carbocycles. The largest absolute Gasteiger partial charge is 0.363 e. The first-order valence-corrected chi connectivity index (χ1v) is 23.8. The van der Waals surface area contributed by atoms with Gasteiger partial charge in [-0.25, -0.2) is 0 Å². The summed E-state index contributed by atoms with van der Waals surface area (Å²) in [4.78, 5) is 2.48. The second kappa shape index (κ2) is 15.9. The lowest BCUT2D eigenvalue weighted by Crippen LogP contribution is -2.74.